The van der Waals surface area contributed by atoms with E-state index in [2.05, 4.69) is 15.2 Å². The number of hydrogen-bond acceptors (Lipinski definition) is 4. The minimum absolute atomic E-state index is 0.0105. The molecular formula is C16H17ClN4O3. The molecule has 0 spiro atoms. The molecule has 2 aliphatic heterocycles. The van der Waals surface area contributed by atoms with Gasteiger partial charge >= 0.3 is 5.69 Å². The van der Waals surface area contributed by atoms with Crippen molar-refractivity contribution in [3.63, 3.8) is 0 Å². The van der Waals surface area contributed by atoms with E-state index in [0.717, 1.165) is 24.2 Å². The standard InChI is InChI=1S/C16H17ClN4O3/c17-11-1-2-12-10(7-11)8-13(24-12)15(22)21-5-3-9(4-6-21)14-18-16(23)20-19-14/h1-2,7,9,13H,3-6,8H2,(H2,18,19,20,23). The number of ether oxygens (including phenoxy) is 1. The van der Waals surface area contributed by atoms with E-state index in [0.29, 0.717) is 30.4 Å². The number of hydrogen-bond donors (Lipinski definition) is 2. The summed E-state index contributed by atoms with van der Waals surface area (Å²) in [5.41, 5.74) is 0.684. The predicted molar refractivity (Wildman–Crippen MR) is 87.3 cm³/mol. The van der Waals surface area contributed by atoms with Crippen LogP contribution in [-0.4, -0.2) is 45.2 Å². The molecular weight excluding hydrogens is 332 g/mol. The zero-order valence-electron chi connectivity index (χ0n) is 12.9. The molecule has 2 aromatic rings. The molecule has 7 nitrogen and oxygen atoms in total. The summed E-state index contributed by atoms with van der Waals surface area (Å²) < 4.78 is 5.78. The lowest BCUT2D eigenvalue weighted by Gasteiger charge is -2.32. The fraction of sp³-hybridized carbons (Fsp3) is 0.438. The molecule has 126 valence electrons. The van der Waals surface area contributed by atoms with Crippen LogP contribution < -0.4 is 10.4 Å². The van der Waals surface area contributed by atoms with Gasteiger partial charge in [-0.05, 0) is 36.6 Å². The van der Waals surface area contributed by atoms with E-state index in [1.165, 1.54) is 0 Å². The summed E-state index contributed by atoms with van der Waals surface area (Å²) in [7, 11) is 0. The third kappa shape index (κ3) is 2.80. The lowest BCUT2D eigenvalue weighted by atomic mass is 9.95. The third-order valence-corrected chi connectivity index (χ3v) is 4.92. The first-order valence-electron chi connectivity index (χ1n) is 7.98. The van der Waals surface area contributed by atoms with Gasteiger partial charge in [-0.25, -0.2) is 9.89 Å². The maximum atomic E-state index is 12.7. The molecule has 8 heteroatoms. The zero-order valence-corrected chi connectivity index (χ0v) is 13.7. The number of H-pyrrole nitrogens is 2. The molecule has 2 aliphatic rings. The van der Waals surface area contributed by atoms with Gasteiger partial charge in [0.1, 0.15) is 11.6 Å². The lowest BCUT2D eigenvalue weighted by Crippen LogP contribution is -2.45. The lowest BCUT2D eigenvalue weighted by molar-refractivity contribution is -0.139. The largest absolute Gasteiger partial charge is 0.480 e. The molecule has 1 saturated heterocycles. The summed E-state index contributed by atoms with van der Waals surface area (Å²) in [5, 5.41) is 7.03. The number of aromatic nitrogens is 3. The highest BCUT2D eigenvalue weighted by atomic mass is 35.5. The van der Waals surface area contributed by atoms with Gasteiger partial charge in [0.2, 0.25) is 0 Å². The average Bonchev–Trinajstić information content (AvgIpc) is 3.20. The van der Waals surface area contributed by atoms with E-state index in [1.807, 2.05) is 17.0 Å². The van der Waals surface area contributed by atoms with Gasteiger partial charge in [0.05, 0.1) is 0 Å². The van der Waals surface area contributed by atoms with Crippen molar-refractivity contribution < 1.29 is 9.53 Å². The number of aromatic amines is 2. The topological polar surface area (TPSA) is 91.1 Å². The number of carbonyl (C=O) groups is 1. The Morgan fingerprint density at radius 1 is 1.33 bits per heavy atom. The Morgan fingerprint density at radius 3 is 2.83 bits per heavy atom. The smallest absolute Gasteiger partial charge is 0.340 e. The van der Waals surface area contributed by atoms with E-state index in [4.69, 9.17) is 16.3 Å². The Hall–Kier alpha value is -2.28. The molecule has 0 bridgehead atoms. The predicted octanol–water partition coefficient (Wildman–Crippen LogP) is 1.46. The fourth-order valence-electron chi connectivity index (χ4n) is 3.41. The van der Waals surface area contributed by atoms with E-state index in [1.54, 1.807) is 6.07 Å². The molecule has 1 unspecified atom stereocenters. The van der Waals surface area contributed by atoms with Gasteiger partial charge in [0, 0.05) is 30.5 Å². The maximum absolute atomic E-state index is 12.7. The van der Waals surface area contributed by atoms with Gasteiger partial charge in [-0.3, -0.25) is 9.78 Å². The quantitative estimate of drug-likeness (QED) is 0.859. The van der Waals surface area contributed by atoms with Gasteiger partial charge in [-0.1, -0.05) is 11.6 Å². The van der Waals surface area contributed by atoms with E-state index < -0.39 is 6.10 Å². The minimum Gasteiger partial charge on any atom is -0.480 e. The van der Waals surface area contributed by atoms with Crippen molar-refractivity contribution in [3.8, 4) is 5.75 Å². The van der Waals surface area contributed by atoms with Crippen molar-refractivity contribution in [2.24, 2.45) is 0 Å². The second-order valence-corrected chi connectivity index (χ2v) is 6.66. The number of carbonyl (C=O) groups excluding carboxylic acids is 1. The van der Waals surface area contributed by atoms with Crippen molar-refractivity contribution >= 4 is 17.5 Å². The number of rotatable bonds is 2. The molecule has 1 amide bonds. The van der Waals surface area contributed by atoms with E-state index in [9.17, 15) is 9.59 Å². The average molecular weight is 349 g/mol. The van der Waals surface area contributed by atoms with Gasteiger partial charge in [0.15, 0.2) is 6.10 Å². The summed E-state index contributed by atoms with van der Waals surface area (Å²) in [6.45, 7) is 1.27. The van der Waals surface area contributed by atoms with Crippen LogP contribution in [0.2, 0.25) is 5.02 Å². The monoisotopic (exact) mass is 348 g/mol. The van der Waals surface area contributed by atoms with Crippen molar-refractivity contribution in [3.05, 3.63) is 45.1 Å². The van der Waals surface area contributed by atoms with E-state index in [-0.39, 0.29) is 17.5 Å². The van der Waals surface area contributed by atoms with Gasteiger partial charge in [-0.15, -0.1) is 0 Å². The Kier molecular flexibility index (Phi) is 3.80. The van der Waals surface area contributed by atoms with Crippen LogP contribution in [0.15, 0.2) is 23.0 Å². The van der Waals surface area contributed by atoms with Crippen LogP contribution >= 0.6 is 11.6 Å². The second-order valence-electron chi connectivity index (χ2n) is 6.23. The molecule has 1 atom stereocenters. The number of nitrogens with zero attached hydrogens (tertiary/aromatic N) is 2. The van der Waals surface area contributed by atoms with Crippen molar-refractivity contribution in [2.45, 2.75) is 31.3 Å². The molecule has 0 aliphatic carbocycles. The molecule has 1 fully saturated rings. The molecule has 24 heavy (non-hydrogen) atoms. The number of benzene rings is 1. The van der Waals surface area contributed by atoms with Crippen molar-refractivity contribution in [2.75, 3.05) is 13.1 Å². The number of nitrogens with one attached hydrogen (secondary N) is 2. The highest BCUT2D eigenvalue weighted by Crippen LogP contribution is 2.32. The van der Waals surface area contributed by atoms with Crippen molar-refractivity contribution in [1.29, 1.82) is 0 Å². The van der Waals surface area contributed by atoms with Crippen LogP contribution in [0.3, 0.4) is 0 Å². The van der Waals surface area contributed by atoms with Crippen LogP contribution in [0.25, 0.3) is 0 Å². The van der Waals surface area contributed by atoms with Gasteiger partial charge < -0.3 is 9.64 Å². The Labute approximate surface area is 143 Å². The molecule has 1 aromatic carbocycles. The minimum atomic E-state index is -0.472. The summed E-state index contributed by atoms with van der Waals surface area (Å²) in [6.07, 6.45) is 1.64. The summed E-state index contributed by atoms with van der Waals surface area (Å²) in [6, 6.07) is 5.43. The van der Waals surface area contributed by atoms with Crippen molar-refractivity contribution in [1.82, 2.24) is 20.1 Å². The first-order valence-corrected chi connectivity index (χ1v) is 8.36. The summed E-state index contributed by atoms with van der Waals surface area (Å²) >= 11 is 5.99. The van der Waals surface area contributed by atoms with Gasteiger partial charge in [0.25, 0.3) is 5.91 Å². The SMILES string of the molecule is O=C(C1Cc2cc(Cl)ccc2O1)N1CCC(c2n[nH]c(=O)[nH]2)CC1. The molecule has 2 N–H and O–H groups in total. The third-order valence-electron chi connectivity index (χ3n) is 4.69. The summed E-state index contributed by atoms with van der Waals surface area (Å²) in [4.78, 5) is 28.4. The molecule has 3 heterocycles. The number of fused-ring (bicyclic) bond motifs is 1. The highest BCUT2D eigenvalue weighted by Gasteiger charge is 2.34. The Balaban J connectivity index is 1.38. The number of amides is 1. The first-order chi connectivity index (χ1) is 11.6. The maximum Gasteiger partial charge on any atom is 0.340 e. The van der Waals surface area contributed by atoms with Crippen LogP contribution in [0.5, 0.6) is 5.75 Å². The first kappa shape index (κ1) is 15.3. The van der Waals surface area contributed by atoms with Crippen LogP contribution in [0, 0.1) is 0 Å². The number of likely N-dealkylation sites (tertiary alicyclic amines) is 1. The second kappa shape index (κ2) is 5.98. The van der Waals surface area contributed by atoms with Gasteiger partial charge in [-0.2, -0.15) is 5.10 Å². The van der Waals surface area contributed by atoms with Crippen LogP contribution in [-0.2, 0) is 11.2 Å². The number of piperidine rings is 1. The van der Waals surface area contributed by atoms with Crippen LogP contribution in [0.1, 0.15) is 30.1 Å². The van der Waals surface area contributed by atoms with E-state index >= 15 is 0 Å². The highest BCUT2D eigenvalue weighted by molar-refractivity contribution is 6.30. The van der Waals surface area contributed by atoms with Crippen LogP contribution in [0.4, 0.5) is 0 Å². The summed E-state index contributed by atoms with van der Waals surface area (Å²) in [5.74, 6) is 1.60. The molecule has 1 aromatic heterocycles. The number of halogens is 1. The normalized spacial score (nSPS) is 20.7. The Bertz CT molecular complexity index is 823. The molecule has 0 saturated carbocycles. The zero-order chi connectivity index (χ0) is 16.7. The molecule has 4 rings (SSSR count). The molecule has 0 radical (unpaired) electrons. The fourth-order valence-corrected chi connectivity index (χ4v) is 3.60. The Morgan fingerprint density at radius 2 is 2.12 bits per heavy atom.